The van der Waals surface area contributed by atoms with E-state index in [1.807, 2.05) is 30.3 Å². The van der Waals surface area contributed by atoms with Gasteiger partial charge in [0.2, 0.25) is 11.6 Å². The van der Waals surface area contributed by atoms with Crippen LogP contribution in [0, 0.1) is 0 Å². The molecule has 2 aromatic heterocycles. The number of para-hydroxylation sites is 2. The van der Waals surface area contributed by atoms with Gasteiger partial charge in [0.05, 0.1) is 19.9 Å². The van der Waals surface area contributed by atoms with Crippen LogP contribution in [0.3, 0.4) is 0 Å². The summed E-state index contributed by atoms with van der Waals surface area (Å²) in [7, 11) is 3.32. The second-order valence-electron chi connectivity index (χ2n) is 6.11. The van der Waals surface area contributed by atoms with Gasteiger partial charge in [0.15, 0.2) is 5.75 Å². The summed E-state index contributed by atoms with van der Waals surface area (Å²) in [4.78, 5) is 8.90. The van der Waals surface area contributed by atoms with Crippen molar-refractivity contribution >= 4 is 23.1 Å². The maximum atomic E-state index is 5.80. The lowest BCUT2D eigenvalue weighted by molar-refractivity contribution is 0.413. The Hall–Kier alpha value is -3.16. The van der Waals surface area contributed by atoms with Crippen LogP contribution in [-0.2, 0) is 0 Å². The number of benzene rings is 1. The fraction of sp³-hybridized carbons (Fsp3) is 0.333. The first-order valence-electron chi connectivity index (χ1n) is 8.53. The summed E-state index contributed by atoms with van der Waals surface area (Å²) in [6, 6.07) is 12.0. The van der Waals surface area contributed by atoms with Crippen LogP contribution in [0.2, 0.25) is 0 Å². The van der Waals surface area contributed by atoms with Crippen molar-refractivity contribution in [3.8, 4) is 11.5 Å². The van der Waals surface area contributed by atoms with Gasteiger partial charge in [0, 0.05) is 26.2 Å². The molecule has 0 unspecified atom stereocenters. The molecule has 8 nitrogen and oxygen atoms in total. The summed E-state index contributed by atoms with van der Waals surface area (Å²) in [5, 5.41) is 4.33. The molecule has 1 fully saturated rings. The van der Waals surface area contributed by atoms with Crippen molar-refractivity contribution in [3.63, 3.8) is 0 Å². The molecule has 0 radical (unpaired) electrons. The molecule has 0 amide bonds. The standard InChI is InChI=1S/C18H22N6O2/c1-25-14-6-4-3-5-13(14)22-9-11-23(12-10-22)16-8-7-15(26-2)17-20-18(19)21-24(16)17/h3-8H,9-12H2,1-2H3,(H2,19,21). The molecule has 26 heavy (non-hydrogen) atoms. The number of nitrogens with zero attached hydrogens (tertiary/aromatic N) is 5. The Bertz CT molecular complexity index is 917. The first-order chi connectivity index (χ1) is 12.7. The molecule has 0 saturated carbocycles. The molecule has 0 aliphatic carbocycles. The third-order valence-electron chi connectivity index (χ3n) is 4.69. The molecular weight excluding hydrogens is 332 g/mol. The smallest absolute Gasteiger partial charge is 0.240 e. The molecular formula is C18H22N6O2. The topological polar surface area (TPSA) is 81.1 Å². The van der Waals surface area contributed by atoms with Gasteiger partial charge in [-0.25, -0.2) is 0 Å². The number of hydrogen-bond acceptors (Lipinski definition) is 7. The molecule has 0 spiro atoms. The predicted molar refractivity (Wildman–Crippen MR) is 101 cm³/mol. The Morgan fingerprint density at radius 1 is 0.885 bits per heavy atom. The number of ether oxygens (including phenoxy) is 2. The normalized spacial score (nSPS) is 14.7. The fourth-order valence-electron chi connectivity index (χ4n) is 3.41. The molecule has 3 aromatic rings. The molecule has 136 valence electrons. The molecule has 1 aliphatic rings. The second kappa shape index (κ2) is 6.62. The molecule has 0 atom stereocenters. The number of pyridine rings is 1. The highest BCUT2D eigenvalue weighted by molar-refractivity contribution is 5.63. The van der Waals surface area contributed by atoms with Crippen LogP contribution in [0.4, 0.5) is 17.5 Å². The lowest BCUT2D eigenvalue weighted by Gasteiger charge is -2.37. The Morgan fingerprint density at radius 2 is 1.58 bits per heavy atom. The van der Waals surface area contributed by atoms with Crippen molar-refractivity contribution in [2.75, 3.05) is 55.9 Å². The number of methoxy groups -OCH3 is 2. The predicted octanol–water partition coefficient (Wildman–Crippen LogP) is 1.66. The van der Waals surface area contributed by atoms with E-state index < -0.39 is 0 Å². The molecule has 8 heteroatoms. The monoisotopic (exact) mass is 354 g/mol. The third kappa shape index (κ3) is 2.73. The summed E-state index contributed by atoms with van der Waals surface area (Å²) < 4.78 is 12.6. The number of fused-ring (bicyclic) bond motifs is 1. The summed E-state index contributed by atoms with van der Waals surface area (Å²) in [6.45, 7) is 3.49. The van der Waals surface area contributed by atoms with Crippen molar-refractivity contribution in [2.24, 2.45) is 0 Å². The highest BCUT2D eigenvalue weighted by atomic mass is 16.5. The van der Waals surface area contributed by atoms with Crippen molar-refractivity contribution in [1.82, 2.24) is 14.6 Å². The zero-order valence-corrected chi connectivity index (χ0v) is 14.9. The fourth-order valence-corrected chi connectivity index (χ4v) is 3.41. The number of hydrogen-bond donors (Lipinski definition) is 1. The van der Waals surface area contributed by atoms with Crippen molar-refractivity contribution < 1.29 is 9.47 Å². The maximum absolute atomic E-state index is 5.80. The van der Waals surface area contributed by atoms with E-state index in [2.05, 4.69) is 25.9 Å². The van der Waals surface area contributed by atoms with Gasteiger partial charge in [0.25, 0.3) is 0 Å². The minimum Gasteiger partial charge on any atom is -0.495 e. The molecule has 3 heterocycles. The van der Waals surface area contributed by atoms with Crippen LogP contribution in [0.25, 0.3) is 5.65 Å². The Balaban J connectivity index is 1.58. The Morgan fingerprint density at radius 3 is 2.31 bits per heavy atom. The van der Waals surface area contributed by atoms with E-state index in [0.29, 0.717) is 11.4 Å². The maximum Gasteiger partial charge on any atom is 0.240 e. The van der Waals surface area contributed by atoms with Gasteiger partial charge in [-0.3, -0.25) is 0 Å². The van der Waals surface area contributed by atoms with Crippen LogP contribution in [0.1, 0.15) is 0 Å². The molecule has 4 rings (SSSR count). The highest BCUT2D eigenvalue weighted by Gasteiger charge is 2.22. The Labute approximate surface area is 151 Å². The van der Waals surface area contributed by atoms with Gasteiger partial charge >= 0.3 is 0 Å². The van der Waals surface area contributed by atoms with E-state index in [9.17, 15) is 0 Å². The van der Waals surface area contributed by atoms with Gasteiger partial charge in [-0.1, -0.05) is 12.1 Å². The van der Waals surface area contributed by atoms with Gasteiger partial charge in [-0.2, -0.15) is 9.50 Å². The number of aromatic nitrogens is 3. The van der Waals surface area contributed by atoms with E-state index in [1.165, 1.54) is 0 Å². The highest BCUT2D eigenvalue weighted by Crippen LogP contribution is 2.30. The van der Waals surface area contributed by atoms with Gasteiger partial charge in [-0.15, -0.1) is 5.10 Å². The average molecular weight is 354 g/mol. The first-order valence-corrected chi connectivity index (χ1v) is 8.53. The first kappa shape index (κ1) is 16.3. The number of piperazine rings is 1. The lowest BCUT2D eigenvalue weighted by atomic mass is 10.2. The van der Waals surface area contributed by atoms with Crippen LogP contribution >= 0.6 is 0 Å². The van der Waals surface area contributed by atoms with Gasteiger partial charge < -0.3 is 25.0 Å². The SMILES string of the molecule is COc1ccccc1N1CCN(c2ccc(OC)c3nc(N)nn23)CC1. The molecule has 1 aromatic carbocycles. The Kier molecular flexibility index (Phi) is 4.16. The summed E-state index contributed by atoms with van der Waals surface area (Å²) in [5.41, 5.74) is 7.56. The zero-order chi connectivity index (χ0) is 18.1. The summed E-state index contributed by atoms with van der Waals surface area (Å²) >= 11 is 0. The average Bonchev–Trinajstić information content (AvgIpc) is 3.08. The third-order valence-corrected chi connectivity index (χ3v) is 4.69. The minimum absolute atomic E-state index is 0.239. The van der Waals surface area contributed by atoms with Crippen molar-refractivity contribution in [1.29, 1.82) is 0 Å². The van der Waals surface area contributed by atoms with E-state index in [1.54, 1.807) is 18.7 Å². The summed E-state index contributed by atoms with van der Waals surface area (Å²) in [5.74, 6) is 2.76. The number of rotatable bonds is 4. The van der Waals surface area contributed by atoms with Crippen molar-refractivity contribution in [2.45, 2.75) is 0 Å². The molecule has 1 saturated heterocycles. The van der Waals surface area contributed by atoms with Crippen LogP contribution < -0.4 is 25.0 Å². The largest absolute Gasteiger partial charge is 0.495 e. The van der Waals surface area contributed by atoms with E-state index in [0.717, 1.165) is 43.4 Å². The van der Waals surface area contributed by atoms with E-state index in [-0.39, 0.29) is 5.95 Å². The zero-order valence-electron chi connectivity index (χ0n) is 14.9. The number of anilines is 3. The van der Waals surface area contributed by atoms with Gasteiger partial charge in [-0.05, 0) is 24.3 Å². The molecule has 0 bridgehead atoms. The lowest BCUT2D eigenvalue weighted by Crippen LogP contribution is -2.47. The van der Waals surface area contributed by atoms with Crippen LogP contribution in [0.5, 0.6) is 11.5 Å². The van der Waals surface area contributed by atoms with Crippen LogP contribution in [0.15, 0.2) is 36.4 Å². The van der Waals surface area contributed by atoms with E-state index >= 15 is 0 Å². The quantitative estimate of drug-likeness (QED) is 0.763. The number of nitrogens with two attached hydrogens (primary N) is 1. The van der Waals surface area contributed by atoms with Crippen molar-refractivity contribution in [3.05, 3.63) is 36.4 Å². The number of nitrogen functional groups attached to an aromatic ring is 1. The van der Waals surface area contributed by atoms with Gasteiger partial charge in [0.1, 0.15) is 11.6 Å². The van der Waals surface area contributed by atoms with E-state index in [4.69, 9.17) is 15.2 Å². The van der Waals surface area contributed by atoms with Crippen LogP contribution in [-0.4, -0.2) is 55.0 Å². The second-order valence-corrected chi connectivity index (χ2v) is 6.11. The molecule has 1 aliphatic heterocycles. The summed E-state index contributed by atoms with van der Waals surface area (Å²) in [6.07, 6.45) is 0. The minimum atomic E-state index is 0.239. The molecule has 2 N–H and O–H groups in total.